The molecule has 0 aliphatic rings. The second-order valence-electron chi connectivity index (χ2n) is 2.84. The number of carbonyl (C=O) groups excluding carboxylic acids is 1. The van der Waals surface area contributed by atoms with Crippen LogP contribution in [-0.4, -0.2) is 10.9 Å². The number of hydrogen-bond donors (Lipinski definition) is 0. The van der Waals surface area contributed by atoms with Gasteiger partial charge in [0.25, 0.3) is 0 Å². The highest BCUT2D eigenvalue weighted by Crippen LogP contribution is 2.11. The number of rotatable bonds is 2. The van der Waals surface area contributed by atoms with Gasteiger partial charge in [0.2, 0.25) is 0 Å². The number of aryl methyl sites for hydroxylation is 1. The molecular weight excluding hydrogens is 212 g/mol. The smallest absolute Gasteiger partial charge is 0.185 e. The summed E-state index contributed by atoms with van der Waals surface area (Å²) in [5, 5.41) is 2.22. The number of hydrogen-bond acceptors (Lipinski definition) is 3. The normalized spacial score (nSPS) is 9.29. The second kappa shape index (κ2) is 5.90. The molecule has 1 nitrogen and oxygen atoms in total. The summed E-state index contributed by atoms with van der Waals surface area (Å²) in [4.78, 5) is 11.9. The molecule has 0 N–H and O–H groups in total. The van der Waals surface area contributed by atoms with E-state index in [9.17, 15) is 4.79 Å². The van der Waals surface area contributed by atoms with E-state index in [0.29, 0.717) is 0 Å². The summed E-state index contributed by atoms with van der Waals surface area (Å²) < 4.78 is 0. The van der Waals surface area contributed by atoms with E-state index in [1.807, 2.05) is 0 Å². The minimum Gasteiger partial charge on any atom is -0.288 e. The average molecular weight is 224 g/mol. The third-order valence-corrected chi connectivity index (χ3v) is 3.17. The minimum atomic E-state index is 0.165. The third-order valence-electron chi connectivity index (χ3n) is 1.50. The van der Waals surface area contributed by atoms with Crippen LogP contribution in [0.25, 0.3) is 0 Å². The molecule has 1 rings (SSSR count). The van der Waals surface area contributed by atoms with E-state index in [0.717, 1.165) is 17.7 Å². The minimum absolute atomic E-state index is 0.165. The second-order valence-corrected chi connectivity index (χ2v) is 5.23. The molecule has 74 valence electrons. The predicted octanol–water partition coefficient (Wildman–Crippen LogP) is 3.08. The van der Waals surface area contributed by atoms with Crippen LogP contribution in [0.4, 0.5) is 0 Å². The molecule has 0 saturated heterocycles. The summed E-state index contributed by atoms with van der Waals surface area (Å²) in [5.41, 5.74) is 1.08. The molecule has 1 heterocycles. The molecule has 0 aliphatic heterocycles. The maximum atomic E-state index is 10.6. The summed E-state index contributed by atoms with van der Waals surface area (Å²) >= 11 is 3.04. The van der Waals surface area contributed by atoms with E-state index < -0.39 is 0 Å². The molecule has 0 spiro atoms. The summed E-state index contributed by atoms with van der Waals surface area (Å²) in [7, 11) is 0. The lowest BCUT2D eigenvalue weighted by Crippen LogP contribution is -1.83. The number of carbonyl (C=O) groups is 1. The van der Waals surface area contributed by atoms with Gasteiger partial charge < -0.3 is 0 Å². The highest BCUT2D eigenvalue weighted by molar-refractivity contribution is 8.13. The Bertz CT molecular complexity index is 368. The van der Waals surface area contributed by atoms with E-state index in [-0.39, 0.29) is 5.12 Å². The SMILES string of the molecule is CC(=O)SCCC#Cc1csc(C)c1. The molecule has 0 amide bonds. The van der Waals surface area contributed by atoms with Crippen LogP contribution in [0.5, 0.6) is 0 Å². The van der Waals surface area contributed by atoms with Crippen molar-refractivity contribution in [2.45, 2.75) is 20.3 Å². The van der Waals surface area contributed by atoms with Crippen molar-refractivity contribution in [3.63, 3.8) is 0 Å². The van der Waals surface area contributed by atoms with Gasteiger partial charge in [-0.3, -0.25) is 4.79 Å². The van der Waals surface area contributed by atoms with E-state index in [1.165, 1.54) is 16.6 Å². The first-order chi connectivity index (χ1) is 6.68. The van der Waals surface area contributed by atoms with Crippen LogP contribution in [0.3, 0.4) is 0 Å². The molecule has 1 aromatic heterocycles. The van der Waals surface area contributed by atoms with E-state index in [2.05, 4.69) is 30.2 Å². The van der Waals surface area contributed by atoms with Crippen LogP contribution in [-0.2, 0) is 4.79 Å². The van der Waals surface area contributed by atoms with Gasteiger partial charge in [-0.2, -0.15) is 0 Å². The van der Waals surface area contributed by atoms with Crippen molar-refractivity contribution < 1.29 is 4.79 Å². The summed E-state index contributed by atoms with van der Waals surface area (Å²) in [6.45, 7) is 3.65. The standard InChI is InChI=1S/C11H12OS2/c1-9-7-11(8-14-9)5-3-4-6-13-10(2)12/h7-8H,4,6H2,1-2H3. The zero-order chi connectivity index (χ0) is 10.4. The van der Waals surface area contributed by atoms with Crippen molar-refractivity contribution >= 4 is 28.2 Å². The molecule has 0 aliphatic carbocycles. The van der Waals surface area contributed by atoms with Crippen molar-refractivity contribution in [1.82, 2.24) is 0 Å². The van der Waals surface area contributed by atoms with Crippen molar-refractivity contribution in [3.8, 4) is 11.8 Å². The monoisotopic (exact) mass is 224 g/mol. The van der Waals surface area contributed by atoms with E-state index in [1.54, 1.807) is 18.3 Å². The van der Waals surface area contributed by atoms with Gasteiger partial charge >= 0.3 is 0 Å². The van der Waals surface area contributed by atoms with E-state index >= 15 is 0 Å². The maximum absolute atomic E-state index is 10.6. The van der Waals surface area contributed by atoms with Gasteiger partial charge in [0, 0.05) is 34.9 Å². The Hall–Kier alpha value is -0.720. The van der Waals surface area contributed by atoms with Crippen LogP contribution >= 0.6 is 23.1 Å². The highest BCUT2D eigenvalue weighted by Gasteiger charge is 1.92. The van der Waals surface area contributed by atoms with Crippen LogP contribution in [0.1, 0.15) is 23.8 Å². The van der Waals surface area contributed by atoms with Gasteiger partial charge in [0.15, 0.2) is 5.12 Å². The molecule has 0 unspecified atom stereocenters. The fraction of sp³-hybridized carbons (Fsp3) is 0.364. The lowest BCUT2D eigenvalue weighted by molar-refractivity contribution is -0.109. The molecule has 0 atom stereocenters. The van der Waals surface area contributed by atoms with Crippen molar-refractivity contribution in [2.24, 2.45) is 0 Å². The molecule has 0 bridgehead atoms. The summed E-state index contributed by atoms with van der Waals surface area (Å²) in [5.74, 6) is 6.93. The van der Waals surface area contributed by atoms with Crippen molar-refractivity contribution in [1.29, 1.82) is 0 Å². The molecule has 1 aromatic rings. The van der Waals surface area contributed by atoms with E-state index in [4.69, 9.17) is 0 Å². The number of thioether (sulfide) groups is 1. The topological polar surface area (TPSA) is 17.1 Å². The predicted molar refractivity (Wildman–Crippen MR) is 63.7 cm³/mol. The van der Waals surface area contributed by atoms with Gasteiger partial charge in [-0.05, 0) is 13.0 Å². The molecule has 0 aromatic carbocycles. The molecule has 14 heavy (non-hydrogen) atoms. The molecular formula is C11H12OS2. The Balaban J connectivity index is 2.30. The summed E-state index contributed by atoms with van der Waals surface area (Å²) in [6.07, 6.45) is 0.777. The fourth-order valence-electron chi connectivity index (χ4n) is 0.919. The Morgan fingerprint density at radius 1 is 1.64 bits per heavy atom. The van der Waals surface area contributed by atoms with Crippen LogP contribution in [0.2, 0.25) is 0 Å². The van der Waals surface area contributed by atoms with Crippen LogP contribution in [0, 0.1) is 18.8 Å². The maximum Gasteiger partial charge on any atom is 0.185 e. The van der Waals surface area contributed by atoms with Gasteiger partial charge in [0.05, 0.1) is 0 Å². The first-order valence-electron chi connectivity index (χ1n) is 4.36. The third kappa shape index (κ3) is 4.50. The molecule has 0 fully saturated rings. The first-order valence-corrected chi connectivity index (χ1v) is 6.22. The van der Waals surface area contributed by atoms with Crippen LogP contribution in [0.15, 0.2) is 11.4 Å². The highest BCUT2D eigenvalue weighted by atomic mass is 32.2. The largest absolute Gasteiger partial charge is 0.288 e. The zero-order valence-corrected chi connectivity index (χ0v) is 9.93. The van der Waals surface area contributed by atoms with Gasteiger partial charge in [-0.25, -0.2) is 0 Å². The average Bonchev–Trinajstić information content (AvgIpc) is 2.50. The molecule has 0 saturated carbocycles. The summed E-state index contributed by atoms with van der Waals surface area (Å²) in [6, 6.07) is 2.08. The van der Waals surface area contributed by atoms with Crippen molar-refractivity contribution in [3.05, 3.63) is 21.9 Å². The molecule has 0 radical (unpaired) electrons. The Labute approximate surface area is 92.9 Å². The fourth-order valence-corrected chi connectivity index (χ4v) is 2.05. The lowest BCUT2D eigenvalue weighted by atomic mass is 10.3. The lowest BCUT2D eigenvalue weighted by Gasteiger charge is -1.87. The van der Waals surface area contributed by atoms with Crippen LogP contribution < -0.4 is 0 Å². The Morgan fingerprint density at radius 2 is 2.43 bits per heavy atom. The van der Waals surface area contributed by atoms with Gasteiger partial charge in [-0.1, -0.05) is 23.6 Å². The van der Waals surface area contributed by atoms with Gasteiger partial charge in [-0.15, -0.1) is 11.3 Å². The Kier molecular flexibility index (Phi) is 4.78. The van der Waals surface area contributed by atoms with Gasteiger partial charge in [0.1, 0.15) is 0 Å². The van der Waals surface area contributed by atoms with Crippen molar-refractivity contribution in [2.75, 3.05) is 5.75 Å². The molecule has 3 heteroatoms. The number of thiophene rings is 1. The zero-order valence-electron chi connectivity index (χ0n) is 8.29. The Morgan fingerprint density at radius 3 is 3.00 bits per heavy atom. The first kappa shape index (κ1) is 11.4. The quantitative estimate of drug-likeness (QED) is 0.567.